The number of nitrogens with one attached hydrogen (secondary N) is 1. The highest BCUT2D eigenvalue weighted by Gasteiger charge is 2.09. The molecule has 1 N–H and O–H groups in total. The third kappa shape index (κ3) is 3.58. The van der Waals surface area contributed by atoms with E-state index in [1.807, 2.05) is 29.8 Å². The number of nitrogens with zero attached hydrogens (tertiary/aromatic N) is 1. The van der Waals surface area contributed by atoms with Crippen LogP contribution in [0.2, 0.25) is 0 Å². The van der Waals surface area contributed by atoms with Crippen LogP contribution in [0.15, 0.2) is 30.5 Å². The maximum atomic E-state index is 11.3. The molecule has 0 radical (unpaired) electrons. The summed E-state index contributed by atoms with van der Waals surface area (Å²) in [6.07, 6.45) is 4.30. The fourth-order valence-electron chi connectivity index (χ4n) is 2.23. The number of fused-ring (bicyclic) bond motifs is 1. The molecular formula is C14H20N2O2S. The molecule has 0 fully saturated rings. The van der Waals surface area contributed by atoms with Gasteiger partial charge in [0.2, 0.25) is 0 Å². The van der Waals surface area contributed by atoms with E-state index in [0.29, 0.717) is 6.54 Å². The zero-order valence-electron chi connectivity index (χ0n) is 11.4. The van der Waals surface area contributed by atoms with Gasteiger partial charge < -0.3 is 9.88 Å². The van der Waals surface area contributed by atoms with Crippen molar-refractivity contribution in [2.24, 2.45) is 0 Å². The number of aromatic nitrogens is 1. The number of likely N-dealkylation sites (N-methyl/N-ethyl adjacent to an activating group) is 1. The van der Waals surface area contributed by atoms with Gasteiger partial charge in [-0.05, 0) is 31.6 Å². The summed E-state index contributed by atoms with van der Waals surface area (Å²) in [6, 6.07) is 8.14. The summed E-state index contributed by atoms with van der Waals surface area (Å²) >= 11 is 0. The Bertz CT molecular complexity index is 659. The number of sulfone groups is 1. The normalized spacial score (nSPS) is 12.1. The lowest BCUT2D eigenvalue weighted by atomic mass is 10.1. The number of hydrogen-bond donors (Lipinski definition) is 1. The van der Waals surface area contributed by atoms with Crippen molar-refractivity contribution in [2.45, 2.75) is 13.0 Å². The molecule has 0 amide bonds. The van der Waals surface area contributed by atoms with Crippen LogP contribution in [0, 0.1) is 0 Å². The second-order valence-electron chi connectivity index (χ2n) is 4.85. The topological polar surface area (TPSA) is 51.1 Å². The Morgan fingerprint density at radius 1 is 1.26 bits per heavy atom. The van der Waals surface area contributed by atoms with Crippen LogP contribution in [0.5, 0.6) is 0 Å². The van der Waals surface area contributed by atoms with E-state index in [4.69, 9.17) is 0 Å². The van der Waals surface area contributed by atoms with Gasteiger partial charge in [-0.15, -0.1) is 0 Å². The standard InChI is InChI=1S/C14H20N2O2S/c1-15-8-7-12-11-16(9-10-19(2,17)18)14-6-4-3-5-13(12)14/h3-6,11,15H,7-10H2,1-2H3. The molecule has 1 aromatic carbocycles. The number of para-hydroxylation sites is 1. The van der Waals surface area contributed by atoms with Crippen LogP contribution < -0.4 is 5.32 Å². The second-order valence-corrected chi connectivity index (χ2v) is 7.11. The maximum Gasteiger partial charge on any atom is 0.149 e. The molecule has 104 valence electrons. The number of rotatable bonds is 6. The van der Waals surface area contributed by atoms with Crippen LogP contribution in [0.25, 0.3) is 10.9 Å². The predicted molar refractivity (Wildman–Crippen MR) is 79.3 cm³/mol. The van der Waals surface area contributed by atoms with Crippen LogP contribution in [-0.4, -0.2) is 38.6 Å². The van der Waals surface area contributed by atoms with E-state index >= 15 is 0 Å². The lowest BCUT2D eigenvalue weighted by Crippen LogP contribution is -2.11. The summed E-state index contributed by atoms with van der Waals surface area (Å²) in [5.41, 5.74) is 2.37. The van der Waals surface area contributed by atoms with E-state index in [9.17, 15) is 8.42 Å². The fourth-order valence-corrected chi connectivity index (χ4v) is 2.76. The molecule has 0 aliphatic rings. The Kier molecular flexibility index (Phi) is 4.27. The van der Waals surface area contributed by atoms with E-state index in [1.54, 1.807) is 0 Å². The van der Waals surface area contributed by atoms with Crippen molar-refractivity contribution in [2.75, 3.05) is 25.6 Å². The molecule has 0 unspecified atom stereocenters. The quantitative estimate of drug-likeness (QED) is 0.871. The lowest BCUT2D eigenvalue weighted by molar-refractivity contribution is 0.596. The molecule has 0 saturated carbocycles. The summed E-state index contributed by atoms with van der Waals surface area (Å²) < 4.78 is 24.6. The lowest BCUT2D eigenvalue weighted by Gasteiger charge is -2.03. The molecule has 4 nitrogen and oxygen atoms in total. The highest BCUT2D eigenvalue weighted by atomic mass is 32.2. The predicted octanol–water partition coefficient (Wildman–Crippen LogP) is 1.45. The maximum absolute atomic E-state index is 11.3. The van der Waals surface area contributed by atoms with Crippen molar-refractivity contribution in [3.05, 3.63) is 36.0 Å². The molecule has 0 aliphatic carbocycles. The summed E-state index contributed by atoms with van der Waals surface area (Å²) in [5, 5.41) is 4.36. The largest absolute Gasteiger partial charge is 0.346 e. The Hall–Kier alpha value is -1.33. The molecule has 2 rings (SSSR count). The number of benzene rings is 1. The third-order valence-corrected chi connectivity index (χ3v) is 4.14. The molecular weight excluding hydrogens is 260 g/mol. The van der Waals surface area contributed by atoms with Crippen molar-refractivity contribution in [3.8, 4) is 0 Å². The Balaban J connectivity index is 2.33. The molecule has 5 heteroatoms. The molecule has 0 saturated heterocycles. The van der Waals surface area contributed by atoms with Gasteiger partial charge in [-0.1, -0.05) is 18.2 Å². The van der Waals surface area contributed by atoms with Gasteiger partial charge in [-0.3, -0.25) is 0 Å². The van der Waals surface area contributed by atoms with Crippen molar-refractivity contribution in [3.63, 3.8) is 0 Å². The monoisotopic (exact) mass is 280 g/mol. The minimum Gasteiger partial charge on any atom is -0.346 e. The average molecular weight is 280 g/mol. The highest BCUT2D eigenvalue weighted by molar-refractivity contribution is 7.90. The Labute approximate surface area is 114 Å². The molecule has 0 bridgehead atoms. The van der Waals surface area contributed by atoms with E-state index in [0.717, 1.165) is 18.5 Å². The van der Waals surface area contributed by atoms with Crippen LogP contribution >= 0.6 is 0 Å². The van der Waals surface area contributed by atoms with E-state index in [-0.39, 0.29) is 5.75 Å². The fraction of sp³-hybridized carbons (Fsp3) is 0.429. The molecule has 0 atom stereocenters. The van der Waals surface area contributed by atoms with Crippen LogP contribution in [0.1, 0.15) is 5.56 Å². The van der Waals surface area contributed by atoms with Gasteiger partial charge in [0.25, 0.3) is 0 Å². The zero-order valence-corrected chi connectivity index (χ0v) is 12.2. The van der Waals surface area contributed by atoms with Gasteiger partial charge in [0.1, 0.15) is 9.84 Å². The SMILES string of the molecule is CNCCc1cn(CCS(C)(=O)=O)c2ccccc12. The minimum atomic E-state index is -2.93. The van der Waals surface area contributed by atoms with Gasteiger partial charge in [0.05, 0.1) is 5.75 Å². The summed E-state index contributed by atoms with van der Waals surface area (Å²) in [7, 11) is -0.998. The minimum absolute atomic E-state index is 0.178. The molecule has 2 aromatic rings. The summed E-state index contributed by atoms with van der Waals surface area (Å²) in [5.74, 6) is 0.178. The molecule has 1 heterocycles. The summed E-state index contributed by atoms with van der Waals surface area (Å²) in [4.78, 5) is 0. The van der Waals surface area contributed by atoms with Gasteiger partial charge in [0.15, 0.2) is 0 Å². The van der Waals surface area contributed by atoms with Gasteiger partial charge in [-0.25, -0.2) is 8.42 Å². The zero-order chi connectivity index (χ0) is 13.9. The Morgan fingerprint density at radius 2 is 2.00 bits per heavy atom. The van der Waals surface area contributed by atoms with E-state index < -0.39 is 9.84 Å². The van der Waals surface area contributed by atoms with Gasteiger partial charge >= 0.3 is 0 Å². The number of aryl methyl sites for hydroxylation is 1. The molecule has 0 aliphatic heterocycles. The smallest absolute Gasteiger partial charge is 0.149 e. The van der Waals surface area contributed by atoms with E-state index in [2.05, 4.69) is 17.6 Å². The average Bonchev–Trinajstić information content (AvgIpc) is 2.72. The first-order valence-corrected chi connectivity index (χ1v) is 8.46. The second kappa shape index (κ2) is 5.75. The molecule has 0 spiro atoms. The first-order valence-electron chi connectivity index (χ1n) is 6.40. The molecule has 1 aromatic heterocycles. The Morgan fingerprint density at radius 3 is 2.68 bits per heavy atom. The van der Waals surface area contributed by atoms with Crippen molar-refractivity contribution in [1.29, 1.82) is 0 Å². The van der Waals surface area contributed by atoms with Gasteiger partial charge in [0, 0.05) is 29.9 Å². The third-order valence-electron chi connectivity index (χ3n) is 3.22. The van der Waals surface area contributed by atoms with Crippen LogP contribution in [0.4, 0.5) is 0 Å². The first kappa shape index (κ1) is 14.1. The first-order chi connectivity index (χ1) is 9.01. The van der Waals surface area contributed by atoms with Crippen LogP contribution in [-0.2, 0) is 22.8 Å². The van der Waals surface area contributed by atoms with Crippen molar-refractivity contribution in [1.82, 2.24) is 9.88 Å². The summed E-state index contributed by atoms with van der Waals surface area (Å²) in [6.45, 7) is 1.43. The van der Waals surface area contributed by atoms with Gasteiger partial charge in [-0.2, -0.15) is 0 Å². The van der Waals surface area contributed by atoms with Crippen LogP contribution in [0.3, 0.4) is 0 Å². The number of hydrogen-bond acceptors (Lipinski definition) is 3. The highest BCUT2D eigenvalue weighted by Crippen LogP contribution is 2.21. The van der Waals surface area contributed by atoms with E-state index in [1.165, 1.54) is 17.2 Å². The molecule has 19 heavy (non-hydrogen) atoms. The van der Waals surface area contributed by atoms with Crippen molar-refractivity contribution >= 4 is 20.7 Å². The van der Waals surface area contributed by atoms with Crippen molar-refractivity contribution < 1.29 is 8.42 Å².